The highest BCUT2D eigenvalue weighted by Crippen LogP contribution is 2.35. The van der Waals surface area contributed by atoms with Crippen LogP contribution in [-0.2, 0) is 19.0 Å². The fourth-order valence-electron chi connectivity index (χ4n) is 2.81. The zero-order chi connectivity index (χ0) is 15.6. The minimum absolute atomic E-state index is 0.0767. The summed E-state index contributed by atoms with van der Waals surface area (Å²) < 4.78 is 16.7. The van der Waals surface area contributed by atoms with Crippen LogP contribution in [0.2, 0.25) is 0 Å². The summed E-state index contributed by atoms with van der Waals surface area (Å²) in [5, 5.41) is 0. The number of fused-ring (bicyclic) bond motifs is 1. The number of aliphatic imine (C=N–C) groups is 1. The summed E-state index contributed by atoms with van der Waals surface area (Å²) in [4.78, 5) is 16.5. The van der Waals surface area contributed by atoms with Crippen LogP contribution in [0.5, 0.6) is 0 Å². The number of rotatable bonds is 5. The van der Waals surface area contributed by atoms with Gasteiger partial charge < -0.3 is 14.2 Å². The van der Waals surface area contributed by atoms with Crippen LogP contribution in [0.4, 0.5) is 0 Å². The summed E-state index contributed by atoms with van der Waals surface area (Å²) in [6.45, 7) is 10.4. The number of carbonyl (C=O) groups excluding carboxylic acids is 1. The summed E-state index contributed by atoms with van der Waals surface area (Å²) in [7, 11) is 0. The third kappa shape index (κ3) is 3.22. The van der Waals surface area contributed by atoms with E-state index in [2.05, 4.69) is 25.8 Å². The van der Waals surface area contributed by atoms with Crippen molar-refractivity contribution in [1.29, 1.82) is 0 Å². The fraction of sp³-hybridized carbons (Fsp3) is 0.750. The van der Waals surface area contributed by atoms with Crippen LogP contribution >= 0.6 is 0 Å². The van der Waals surface area contributed by atoms with E-state index in [-0.39, 0.29) is 29.9 Å². The zero-order valence-corrected chi connectivity index (χ0v) is 13.5. The van der Waals surface area contributed by atoms with E-state index in [0.29, 0.717) is 18.4 Å². The van der Waals surface area contributed by atoms with Crippen molar-refractivity contribution in [3.8, 4) is 0 Å². The zero-order valence-electron chi connectivity index (χ0n) is 13.5. The summed E-state index contributed by atoms with van der Waals surface area (Å²) in [5.74, 6) is 1.23. The van der Waals surface area contributed by atoms with Crippen LogP contribution in [0.25, 0.3) is 0 Å². The molecule has 0 fully saturated rings. The molecule has 0 radical (unpaired) electrons. The second kappa shape index (κ2) is 6.50. The maximum atomic E-state index is 12.0. The highest BCUT2D eigenvalue weighted by molar-refractivity contribution is 5.87. The van der Waals surface area contributed by atoms with Gasteiger partial charge in [-0.15, -0.1) is 0 Å². The van der Waals surface area contributed by atoms with E-state index in [0.717, 1.165) is 6.42 Å². The lowest BCUT2D eigenvalue weighted by Gasteiger charge is -2.36. The Morgan fingerprint density at radius 3 is 2.71 bits per heavy atom. The Morgan fingerprint density at radius 2 is 2.10 bits per heavy atom. The highest BCUT2D eigenvalue weighted by atomic mass is 16.6. The van der Waals surface area contributed by atoms with Gasteiger partial charge in [0.15, 0.2) is 5.90 Å². The lowest BCUT2D eigenvalue weighted by atomic mass is 9.83. The summed E-state index contributed by atoms with van der Waals surface area (Å²) in [6.07, 6.45) is 2.37. The van der Waals surface area contributed by atoms with Crippen LogP contribution in [0.15, 0.2) is 16.8 Å². The molecule has 0 aromatic rings. The van der Waals surface area contributed by atoms with Crippen LogP contribution in [0.1, 0.15) is 41.0 Å². The maximum absolute atomic E-state index is 12.0. The van der Waals surface area contributed by atoms with Crippen molar-refractivity contribution in [2.24, 2.45) is 16.8 Å². The SMILES string of the molecule is CCOC(=O)C1=CC2OC(C)=NC2C([C@H](C)[C@H](C)CC)O1. The molecule has 0 aliphatic carbocycles. The van der Waals surface area contributed by atoms with E-state index in [4.69, 9.17) is 14.2 Å². The molecule has 0 N–H and O–H groups in total. The van der Waals surface area contributed by atoms with Crippen molar-refractivity contribution >= 4 is 11.9 Å². The minimum atomic E-state index is -0.426. The second-order valence-corrected chi connectivity index (χ2v) is 5.80. The van der Waals surface area contributed by atoms with Crippen molar-refractivity contribution in [3.05, 3.63) is 11.8 Å². The third-order valence-corrected chi connectivity index (χ3v) is 4.43. The van der Waals surface area contributed by atoms with Gasteiger partial charge in [-0.1, -0.05) is 27.2 Å². The average molecular weight is 295 g/mol. The number of hydrogen-bond acceptors (Lipinski definition) is 5. The number of ether oxygens (including phenoxy) is 3. The van der Waals surface area contributed by atoms with Crippen molar-refractivity contribution in [2.45, 2.75) is 59.3 Å². The molecule has 3 unspecified atom stereocenters. The molecule has 2 heterocycles. The first-order valence-corrected chi connectivity index (χ1v) is 7.74. The molecule has 0 saturated carbocycles. The van der Waals surface area contributed by atoms with E-state index in [1.807, 2.05) is 6.92 Å². The summed E-state index contributed by atoms with van der Waals surface area (Å²) in [5.41, 5.74) is 0. The summed E-state index contributed by atoms with van der Waals surface area (Å²) >= 11 is 0. The maximum Gasteiger partial charge on any atom is 0.373 e. The molecule has 0 saturated heterocycles. The van der Waals surface area contributed by atoms with Crippen LogP contribution < -0.4 is 0 Å². The second-order valence-electron chi connectivity index (χ2n) is 5.80. The molecule has 0 aromatic carbocycles. The monoisotopic (exact) mass is 295 g/mol. The fourth-order valence-corrected chi connectivity index (χ4v) is 2.81. The summed E-state index contributed by atoms with van der Waals surface area (Å²) in [6, 6.07) is -0.0767. The number of carbonyl (C=O) groups is 1. The Bertz CT molecular complexity index is 457. The number of nitrogens with zero attached hydrogens (tertiary/aromatic N) is 1. The van der Waals surface area contributed by atoms with Crippen molar-refractivity contribution < 1.29 is 19.0 Å². The quantitative estimate of drug-likeness (QED) is 0.732. The minimum Gasteiger partial charge on any atom is -0.481 e. The Kier molecular flexibility index (Phi) is 4.91. The Balaban J connectivity index is 2.23. The molecular formula is C16H25NO4. The third-order valence-electron chi connectivity index (χ3n) is 4.43. The molecule has 118 valence electrons. The van der Waals surface area contributed by atoms with Gasteiger partial charge in [0.1, 0.15) is 18.2 Å². The van der Waals surface area contributed by atoms with Crippen molar-refractivity contribution in [2.75, 3.05) is 6.61 Å². The van der Waals surface area contributed by atoms with E-state index in [9.17, 15) is 4.79 Å². The van der Waals surface area contributed by atoms with Gasteiger partial charge in [0, 0.05) is 13.0 Å². The van der Waals surface area contributed by atoms with Crippen LogP contribution in [-0.4, -0.2) is 36.7 Å². The average Bonchev–Trinajstić information content (AvgIpc) is 2.84. The van der Waals surface area contributed by atoms with Gasteiger partial charge in [-0.3, -0.25) is 0 Å². The van der Waals surface area contributed by atoms with Crippen molar-refractivity contribution in [1.82, 2.24) is 0 Å². The predicted molar refractivity (Wildman–Crippen MR) is 80.0 cm³/mol. The van der Waals surface area contributed by atoms with E-state index in [1.165, 1.54) is 0 Å². The highest BCUT2D eigenvalue weighted by Gasteiger charge is 2.45. The molecule has 21 heavy (non-hydrogen) atoms. The van der Waals surface area contributed by atoms with Gasteiger partial charge in [0.25, 0.3) is 0 Å². The molecule has 5 atom stereocenters. The van der Waals surface area contributed by atoms with Gasteiger partial charge in [0.05, 0.1) is 6.61 Å². The normalized spacial score (nSPS) is 30.2. The molecule has 0 bridgehead atoms. The van der Waals surface area contributed by atoms with Gasteiger partial charge in [-0.05, 0) is 18.8 Å². The Labute approximate surface area is 126 Å². The largest absolute Gasteiger partial charge is 0.481 e. The molecule has 0 aromatic heterocycles. The standard InChI is InChI=1S/C16H25NO4/c1-6-9(3)10(4)15-14-12(20-11(5)17-14)8-13(21-15)16(18)19-7-2/h8-10,12,14-15H,6-7H2,1-5H3/t9-,10-,12?,14?,15?/m1/s1. The molecule has 2 aliphatic heterocycles. The van der Waals surface area contributed by atoms with Gasteiger partial charge in [-0.2, -0.15) is 0 Å². The molecule has 5 nitrogen and oxygen atoms in total. The molecule has 2 aliphatic rings. The van der Waals surface area contributed by atoms with Gasteiger partial charge in [-0.25, -0.2) is 9.79 Å². The Morgan fingerprint density at radius 1 is 1.38 bits per heavy atom. The molecule has 0 spiro atoms. The van der Waals surface area contributed by atoms with Crippen LogP contribution in [0, 0.1) is 11.8 Å². The smallest absolute Gasteiger partial charge is 0.373 e. The first-order valence-electron chi connectivity index (χ1n) is 7.74. The van der Waals surface area contributed by atoms with E-state index in [1.54, 1.807) is 13.0 Å². The Hall–Kier alpha value is -1.52. The topological polar surface area (TPSA) is 57.1 Å². The first-order chi connectivity index (χ1) is 9.97. The van der Waals surface area contributed by atoms with E-state index >= 15 is 0 Å². The number of esters is 1. The van der Waals surface area contributed by atoms with Crippen LogP contribution in [0.3, 0.4) is 0 Å². The molecule has 2 rings (SSSR count). The molecular weight excluding hydrogens is 270 g/mol. The first kappa shape index (κ1) is 15.9. The van der Waals surface area contributed by atoms with Gasteiger partial charge >= 0.3 is 5.97 Å². The molecule has 0 amide bonds. The predicted octanol–water partition coefficient (Wildman–Crippen LogP) is 2.70. The van der Waals surface area contributed by atoms with Gasteiger partial charge in [0.2, 0.25) is 5.76 Å². The lowest BCUT2D eigenvalue weighted by Crippen LogP contribution is -2.45. The lowest BCUT2D eigenvalue weighted by molar-refractivity contribution is -0.146. The van der Waals surface area contributed by atoms with E-state index < -0.39 is 5.97 Å². The number of hydrogen-bond donors (Lipinski definition) is 0. The molecule has 5 heteroatoms. The van der Waals surface area contributed by atoms with Crippen molar-refractivity contribution in [3.63, 3.8) is 0 Å².